The van der Waals surface area contributed by atoms with E-state index in [1.807, 2.05) is 0 Å². The largest absolute Gasteiger partial charge is 0.508 e. The maximum absolute atomic E-state index is 13.0. The number of hydrogen-bond acceptors (Lipinski definition) is 12. The maximum atomic E-state index is 13.0. The van der Waals surface area contributed by atoms with E-state index in [1.165, 1.54) is 89.9 Å². The predicted octanol–water partition coefficient (Wildman–Crippen LogP) is 13.6. The number of ether oxygens (including phenoxy) is 7. The van der Waals surface area contributed by atoms with Crippen LogP contribution < -0.4 is 0 Å². The number of nitrogens with zero attached hydrogens (tertiary/aromatic N) is 1. The van der Waals surface area contributed by atoms with Crippen LogP contribution in [0.1, 0.15) is 241 Å². The van der Waals surface area contributed by atoms with Crippen molar-refractivity contribution in [3.05, 3.63) is 0 Å². The van der Waals surface area contributed by atoms with Gasteiger partial charge in [0.2, 0.25) is 0 Å². The van der Waals surface area contributed by atoms with Crippen LogP contribution in [0.4, 0.5) is 4.79 Å². The summed E-state index contributed by atoms with van der Waals surface area (Å²) >= 11 is 0. The molecule has 0 aliphatic rings. The molecule has 0 aliphatic carbocycles. The van der Waals surface area contributed by atoms with E-state index in [4.69, 9.17) is 33.2 Å². The number of carbonyl (C=O) groups excluding carboxylic acids is 4. The van der Waals surface area contributed by atoms with E-state index in [0.717, 1.165) is 90.3 Å². The zero-order valence-electron chi connectivity index (χ0n) is 43.0. The smallest absolute Gasteiger partial charge is 0.465 e. The van der Waals surface area contributed by atoms with E-state index in [0.29, 0.717) is 38.9 Å². The van der Waals surface area contributed by atoms with Crippen molar-refractivity contribution in [1.82, 2.24) is 4.90 Å². The van der Waals surface area contributed by atoms with Crippen LogP contribution >= 0.6 is 0 Å². The van der Waals surface area contributed by atoms with Gasteiger partial charge in [-0.15, -0.1) is 0 Å². The lowest BCUT2D eigenvalue weighted by Crippen LogP contribution is -2.28. The standard InChI is InChI=1S/C53H101NO11/c1-7-13-17-21-25-31-41-59-52(60-42-32-26-22-18-14-8-2)39-38-50(56)63-45-47(46-64-53(58)61-43-33-40-54(11-5)12-6)44-62-49(55)36-29-23-24-30-37-51(57)65-48(34-27-19-15-9-3)35-28-20-16-10-4/h47-48,52H,7-46H2,1-6H3. The molecule has 0 aromatic carbocycles. The summed E-state index contributed by atoms with van der Waals surface area (Å²) in [6.07, 6.45) is 28.7. The van der Waals surface area contributed by atoms with Crippen molar-refractivity contribution < 1.29 is 52.3 Å². The van der Waals surface area contributed by atoms with Crippen molar-refractivity contribution in [3.63, 3.8) is 0 Å². The number of carbonyl (C=O) groups is 4. The fraction of sp³-hybridized carbons (Fsp3) is 0.925. The van der Waals surface area contributed by atoms with Gasteiger partial charge in [-0.05, 0) is 70.9 Å². The molecule has 1 unspecified atom stereocenters. The molecule has 0 fully saturated rings. The van der Waals surface area contributed by atoms with Crippen LogP contribution in [0.2, 0.25) is 0 Å². The van der Waals surface area contributed by atoms with Crippen molar-refractivity contribution in [2.24, 2.45) is 5.92 Å². The molecule has 12 nitrogen and oxygen atoms in total. The Morgan fingerprint density at radius 1 is 0.400 bits per heavy atom. The predicted molar refractivity (Wildman–Crippen MR) is 262 cm³/mol. The highest BCUT2D eigenvalue weighted by molar-refractivity contribution is 5.70. The average Bonchev–Trinajstić information content (AvgIpc) is 3.30. The Labute approximate surface area is 398 Å². The summed E-state index contributed by atoms with van der Waals surface area (Å²) in [6.45, 7) is 16.8. The molecule has 0 saturated carbocycles. The summed E-state index contributed by atoms with van der Waals surface area (Å²) < 4.78 is 40.0. The lowest BCUT2D eigenvalue weighted by molar-refractivity contribution is -0.161. The molecule has 0 radical (unpaired) electrons. The van der Waals surface area contributed by atoms with Gasteiger partial charge in [0.1, 0.15) is 25.9 Å². The molecule has 0 saturated heterocycles. The van der Waals surface area contributed by atoms with Gasteiger partial charge in [0.25, 0.3) is 0 Å². The molecule has 65 heavy (non-hydrogen) atoms. The van der Waals surface area contributed by atoms with E-state index in [-0.39, 0.29) is 57.3 Å². The zero-order chi connectivity index (χ0) is 47.9. The fourth-order valence-electron chi connectivity index (χ4n) is 7.56. The molecule has 0 bridgehead atoms. The number of rotatable bonds is 49. The first-order valence-electron chi connectivity index (χ1n) is 27.0. The Kier molecular flexibility index (Phi) is 46.2. The second-order valence-corrected chi connectivity index (χ2v) is 18.0. The molecule has 384 valence electrons. The molecule has 0 aromatic rings. The van der Waals surface area contributed by atoms with Crippen molar-refractivity contribution in [2.45, 2.75) is 253 Å². The first-order valence-corrected chi connectivity index (χ1v) is 27.0. The van der Waals surface area contributed by atoms with Gasteiger partial charge in [0, 0.05) is 39.0 Å². The Balaban J connectivity index is 5.02. The third-order valence-electron chi connectivity index (χ3n) is 11.9. The van der Waals surface area contributed by atoms with Crippen LogP contribution in [0.3, 0.4) is 0 Å². The van der Waals surface area contributed by atoms with Gasteiger partial charge in [0.05, 0.1) is 18.9 Å². The van der Waals surface area contributed by atoms with E-state index >= 15 is 0 Å². The maximum Gasteiger partial charge on any atom is 0.508 e. The van der Waals surface area contributed by atoms with Crippen LogP contribution in [-0.4, -0.2) is 101 Å². The lowest BCUT2D eigenvalue weighted by atomic mass is 10.0. The van der Waals surface area contributed by atoms with E-state index in [1.54, 1.807) is 0 Å². The Morgan fingerprint density at radius 2 is 0.831 bits per heavy atom. The monoisotopic (exact) mass is 928 g/mol. The summed E-state index contributed by atoms with van der Waals surface area (Å²) in [7, 11) is 0. The van der Waals surface area contributed by atoms with E-state index in [2.05, 4.69) is 46.4 Å². The number of esters is 3. The SMILES string of the molecule is CCCCCCCCOC(CCC(=O)OCC(COC(=O)CCCCCCC(=O)OC(CCCCCC)CCCCCC)COC(=O)OCCCN(CC)CC)OCCCCCCCC. The van der Waals surface area contributed by atoms with Gasteiger partial charge in [-0.2, -0.15) is 0 Å². The molecule has 0 rings (SSSR count). The highest BCUT2D eigenvalue weighted by atomic mass is 16.7. The molecule has 0 N–H and O–H groups in total. The Hall–Kier alpha value is -2.44. The van der Waals surface area contributed by atoms with Crippen molar-refractivity contribution in [3.8, 4) is 0 Å². The quantitative estimate of drug-likeness (QED) is 0.0249. The highest BCUT2D eigenvalue weighted by Crippen LogP contribution is 2.18. The number of hydrogen-bond donors (Lipinski definition) is 0. The minimum atomic E-state index is -0.807. The molecular weight excluding hydrogens is 827 g/mol. The molecule has 0 amide bonds. The van der Waals surface area contributed by atoms with Gasteiger partial charge < -0.3 is 38.1 Å². The van der Waals surface area contributed by atoms with Crippen LogP contribution in [-0.2, 0) is 47.5 Å². The van der Waals surface area contributed by atoms with Crippen LogP contribution in [0, 0.1) is 5.92 Å². The van der Waals surface area contributed by atoms with Gasteiger partial charge in [-0.25, -0.2) is 4.79 Å². The normalized spacial score (nSPS) is 12.0. The van der Waals surface area contributed by atoms with Gasteiger partial charge in [-0.1, -0.05) is 157 Å². The van der Waals surface area contributed by atoms with Crippen LogP contribution in [0.5, 0.6) is 0 Å². The van der Waals surface area contributed by atoms with Crippen LogP contribution in [0.25, 0.3) is 0 Å². The summed E-state index contributed by atoms with van der Waals surface area (Å²) in [5.41, 5.74) is 0. The minimum absolute atomic E-state index is 0.0163. The van der Waals surface area contributed by atoms with Crippen molar-refractivity contribution >= 4 is 24.1 Å². The summed E-state index contributed by atoms with van der Waals surface area (Å²) in [6, 6.07) is 0. The molecule has 0 aliphatic heterocycles. The van der Waals surface area contributed by atoms with Crippen molar-refractivity contribution in [1.29, 1.82) is 0 Å². The lowest BCUT2D eigenvalue weighted by Gasteiger charge is -2.20. The van der Waals surface area contributed by atoms with Gasteiger partial charge in [0.15, 0.2) is 6.29 Å². The van der Waals surface area contributed by atoms with Crippen molar-refractivity contribution in [2.75, 3.05) is 59.3 Å². The second kappa shape index (κ2) is 48.0. The summed E-state index contributed by atoms with van der Waals surface area (Å²) in [5.74, 6) is -1.48. The van der Waals surface area contributed by atoms with Gasteiger partial charge >= 0.3 is 24.1 Å². The van der Waals surface area contributed by atoms with Crippen LogP contribution in [0.15, 0.2) is 0 Å². The third kappa shape index (κ3) is 42.6. The summed E-state index contributed by atoms with van der Waals surface area (Å²) in [5, 5.41) is 0. The first-order chi connectivity index (χ1) is 31.7. The Morgan fingerprint density at radius 3 is 1.34 bits per heavy atom. The fourth-order valence-corrected chi connectivity index (χ4v) is 7.56. The second-order valence-electron chi connectivity index (χ2n) is 18.0. The average molecular weight is 928 g/mol. The summed E-state index contributed by atoms with van der Waals surface area (Å²) in [4.78, 5) is 53.2. The molecular formula is C53H101NO11. The molecule has 0 heterocycles. The number of unbranched alkanes of at least 4 members (excludes halogenated alkanes) is 19. The highest BCUT2D eigenvalue weighted by Gasteiger charge is 2.20. The van der Waals surface area contributed by atoms with E-state index < -0.39 is 24.3 Å². The minimum Gasteiger partial charge on any atom is -0.465 e. The van der Waals surface area contributed by atoms with E-state index in [9.17, 15) is 19.2 Å². The first kappa shape index (κ1) is 62.6. The zero-order valence-corrected chi connectivity index (χ0v) is 43.0. The molecule has 12 heteroatoms. The van der Waals surface area contributed by atoms with Gasteiger partial charge in [-0.3, -0.25) is 14.4 Å². The molecule has 1 atom stereocenters. The third-order valence-corrected chi connectivity index (χ3v) is 11.9. The Bertz CT molecular complexity index is 1060. The topological polar surface area (TPSA) is 136 Å². The molecule has 0 spiro atoms. The molecule has 0 aromatic heterocycles.